The van der Waals surface area contributed by atoms with Gasteiger partial charge in [0.25, 0.3) is 0 Å². The van der Waals surface area contributed by atoms with E-state index in [1.54, 1.807) is 12.1 Å². The Labute approximate surface area is 77.6 Å². The molecule has 0 bridgehead atoms. The number of aromatic hydroxyl groups is 1. The Balaban J connectivity index is 2.87. The summed E-state index contributed by atoms with van der Waals surface area (Å²) in [7, 11) is 0. The van der Waals surface area contributed by atoms with Gasteiger partial charge in [0.1, 0.15) is 5.75 Å². The van der Waals surface area contributed by atoms with Crippen LogP contribution in [0.3, 0.4) is 0 Å². The van der Waals surface area contributed by atoms with Crippen molar-refractivity contribution >= 4 is 10.8 Å². The van der Waals surface area contributed by atoms with Crippen LogP contribution in [0.25, 0.3) is 10.8 Å². The molecule has 0 spiro atoms. The fraction of sp³-hybridized carbons (Fsp3) is 0.167. The van der Waals surface area contributed by atoms with Gasteiger partial charge < -0.3 is 5.11 Å². The Bertz CT molecular complexity index is 458. The number of rotatable bonds is 0. The number of phenols is 1. The molecule has 1 nitrogen and oxygen atoms in total. The van der Waals surface area contributed by atoms with Gasteiger partial charge in [0.15, 0.2) is 0 Å². The average molecular weight is 172 g/mol. The lowest BCUT2D eigenvalue weighted by atomic mass is 10.0. The van der Waals surface area contributed by atoms with E-state index < -0.39 is 0 Å². The van der Waals surface area contributed by atoms with Crippen molar-refractivity contribution in [3.8, 4) is 5.75 Å². The monoisotopic (exact) mass is 172 g/mol. The van der Waals surface area contributed by atoms with Crippen LogP contribution in [0.15, 0.2) is 30.3 Å². The van der Waals surface area contributed by atoms with Gasteiger partial charge in [-0.3, -0.25) is 0 Å². The third-order valence-corrected chi connectivity index (χ3v) is 2.30. The number of hydrogen-bond donors (Lipinski definition) is 1. The normalized spacial score (nSPS) is 10.6. The second-order valence-corrected chi connectivity index (χ2v) is 3.49. The molecule has 0 atom stereocenters. The molecular formula is C12H12O. The molecule has 0 amide bonds. The third-order valence-electron chi connectivity index (χ3n) is 2.30. The Kier molecular flexibility index (Phi) is 1.73. The molecule has 0 radical (unpaired) electrons. The number of hydrogen-bond acceptors (Lipinski definition) is 1. The first kappa shape index (κ1) is 8.11. The van der Waals surface area contributed by atoms with Gasteiger partial charge in [-0.25, -0.2) is 0 Å². The van der Waals surface area contributed by atoms with Gasteiger partial charge >= 0.3 is 0 Å². The van der Waals surface area contributed by atoms with Gasteiger partial charge in [-0.05, 0) is 42.3 Å². The molecule has 0 saturated heterocycles. The SMILES string of the molecule is Cc1ccc2cc(O)cc(C)c2c1. The first-order chi connectivity index (χ1) is 6.16. The van der Waals surface area contributed by atoms with Gasteiger partial charge in [0.2, 0.25) is 0 Å². The van der Waals surface area contributed by atoms with Crippen LogP contribution in [0.5, 0.6) is 5.75 Å². The van der Waals surface area contributed by atoms with E-state index >= 15 is 0 Å². The lowest BCUT2D eigenvalue weighted by Gasteiger charge is -2.04. The summed E-state index contributed by atoms with van der Waals surface area (Å²) in [5.41, 5.74) is 2.37. The molecule has 0 saturated carbocycles. The molecule has 1 heteroatoms. The first-order valence-electron chi connectivity index (χ1n) is 4.37. The van der Waals surface area contributed by atoms with E-state index in [9.17, 15) is 5.11 Å². The predicted molar refractivity (Wildman–Crippen MR) is 55.1 cm³/mol. The zero-order valence-electron chi connectivity index (χ0n) is 7.83. The lowest BCUT2D eigenvalue weighted by molar-refractivity contribution is 0.476. The summed E-state index contributed by atoms with van der Waals surface area (Å²) in [6.07, 6.45) is 0. The first-order valence-corrected chi connectivity index (χ1v) is 4.37. The molecule has 2 rings (SSSR count). The van der Waals surface area contributed by atoms with Crippen molar-refractivity contribution < 1.29 is 5.11 Å². The number of benzene rings is 2. The van der Waals surface area contributed by atoms with E-state index in [1.165, 1.54) is 10.9 Å². The van der Waals surface area contributed by atoms with Crippen LogP contribution in [0.1, 0.15) is 11.1 Å². The minimum absolute atomic E-state index is 0.342. The van der Waals surface area contributed by atoms with Gasteiger partial charge in [-0.15, -0.1) is 0 Å². The molecule has 0 aromatic heterocycles. The summed E-state index contributed by atoms with van der Waals surface area (Å²) < 4.78 is 0. The fourth-order valence-electron chi connectivity index (χ4n) is 1.64. The molecule has 13 heavy (non-hydrogen) atoms. The van der Waals surface area contributed by atoms with E-state index in [2.05, 4.69) is 19.1 Å². The van der Waals surface area contributed by atoms with Crippen molar-refractivity contribution in [1.29, 1.82) is 0 Å². The molecule has 1 N–H and O–H groups in total. The zero-order valence-corrected chi connectivity index (χ0v) is 7.83. The molecule has 0 unspecified atom stereocenters. The zero-order chi connectivity index (χ0) is 9.42. The van der Waals surface area contributed by atoms with E-state index in [0.717, 1.165) is 10.9 Å². The van der Waals surface area contributed by atoms with Crippen molar-refractivity contribution in [3.05, 3.63) is 41.5 Å². The number of phenolic OH excluding ortho intramolecular Hbond substituents is 1. The quantitative estimate of drug-likeness (QED) is 0.647. The van der Waals surface area contributed by atoms with Crippen molar-refractivity contribution in [2.75, 3.05) is 0 Å². The van der Waals surface area contributed by atoms with Gasteiger partial charge in [0, 0.05) is 0 Å². The van der Waals surface area contributed by atoms with Crippen LogP contribution in [0.2, 0.25) is 0 Å². The third kappa shape index (κ3) is 1.37. The molecule has 0 heterocycles. The highest BCUT2D eigenvalue weighted by atomic mass is 16.3. The minimum Gasteiger partial charge on any atom is -0.508 e. The Morgan fingerprint density at radius 3 is 2.54 bits per heavy atom. The van der Waals surface area contributed by atoms with Crippen LogP contribution in [0, 0.1) is 13.8 Å². The van der Waals surface area contributed by atoms with Gasteiger partial charge in [-0.2, -0.15) is 0 Å². The Morgan fingerprint density at radius 1 is 1.00 bits per heavy atom. The van der Waals surface area contributed by atoms with Crippen molar-refractivity contribution in [2.45, 2.75) is 13.8 Å². The smallest absolute Gasteiger partial charge is 0.116 e. The number of aryl methyl sites for hydroxylation is 2. The van der Waals surface area contributed by atoms with Crippen molar-refractivity contribution in [3.63, 3.8) is 0 Å². The molecule has 0 aliphatic carbocycles. The second-order valence-electron chi connectivity index (χ2n) is 3.49. The van der Waals surface area contributed by atoms with Gasteiger partial charge in [-0.1, -0.05) is 23.8 Å². The fourth-order valence-corrected chi connectivity index (χ4v) is 1.64. The molecule has 66 valence electrons. The summed E-state index contributed by atoms with van der Waals surface area (Å²) >= 11 is 0. The van der Waals surface area contributed by atoms with E-state index in [1.807, 2.05) is 13.0 Å². The maximum Gasteiger partial charge on any atom is 0.116 e. The molecule has 2 aromatic carbocycles. The number of fused-ring (bicyclic) bond motifs is 1. The summed E-state index contributed by atoms with van der Waals surface area (Å²) in [6.45, 7) is 4.09. The largest absolute Gasteiger partial charge is 0.508 e. The van der Waals surface area contributed by atoms with Crippen LogP contribution >= 0.6 is 0 Å². The maximum absolute atomic E-state index is 9.38. The summed E-state index contributed by atoms with van der Waals surface area (Å²) in [5, 5.41) is 11.7. The average Bonchev–Trinajstić information content (AvgIpc) is 2.06. The Morgan fingerprint density at radius 2 is 1.77 bits per heavy atom. The highest BCUT2D eigenvalue weighted by molar-refractivity contribution is 5.87. The molecule has 0 aliphatic rings. The standard InChI is InChI=1S/C12H12O/c1-8-3-4-10-7-11(13)6-9(2)12(10)5-8/h3-7,13H,1-2H3. The van der Waals surface area contributed by atoms with Crippen molar-refractivity contribution in [1.82, 2.24) is 0 Å². The van der Waals surface area contributed by atoms with E-state index in [-0.39, 0.29) is 0 Å². The van der Waals surface area contributed by atoms with Crippen LogP contribution in [0.4, 0.5) is 0 Å². The Hall–Kier alpha value is -1.50. The second kappa shape index (κ2) is 2.77. The van der Waals surface area contributed by atoms with Crippen LogP contribution in [-0.2, 0) is 0 Å². The highest BCUT2D eigenvalue weighted by Crippen LogP contribution is 2.24. The summed E-state index contributed by atoms with van der Waals surface area (Å²) in [6, 6.07) is 9.83. The summed E-state index contributed by atoms with van der Waals surface area (Å²) in [4.78, 5) is 0. The van der Waals surface area contributed by atoms with E-state index in [4.69, 9.17) is 0 Å². The van der Waals surface area contributed by atoms with Crippen LogP contribution < -0.4 is 0 Å². The highest BCUT2D eigenvalue weighted by Gasteiger charge is 1.99. The van der Waals surface area contributed by atoms with Crippen LogP contribution in [-0.4, -0.2) is 5.11 Å². The molecule has 2 aromatic rings. The lowest BCUT2D eigenvalue weighted by Crippen LogP contribution is -1.80. The molecule has 0 aliphatic heterocycles. The predicted octanol–water partition coefficient (Wildman–Crippen LogP) is 3.16. The summed E-state index contributed by atoms with van der Waals surface area (Å²) in [5.74, 6) is 0.342. The van der Waals surface area contributed by atoms with E-state index in [0.29, 0.717) is 5.75 Å². The molecule has 0 fully saturated rings. The topological polar surface area (TPSA) is 20.2 Å². The van der Waals surface area contributed by atoms with Gasteiger partial charge in [0.05, 0.1) is 0 Å². The molecular weight excluding hydrogens is 160 g/mol. The maximum atomic E-state index is 9.38. The van der Waals surface area contributed by atoms with Crippen molar-refractivity contribution in [2.24, 2.45) is 0 Å². The minimum atomic E-state index is 0.342.